The van der Waals surface area contributed by atoms with Crippen molar-refractivity contribution in [2.75, 3.05) is 19.8 Å². The number of carbonyl (C=O) groups excluding carboxylic acids is 2. The smallest absolute Gasteiger partial charge is 0.248 e. The van der Waals surface area contributed by atoms with E-state index in [0.717, 1.165) is 6.54 Å². The molecule has 1 aliphatic rings. The van der Waals surface area contributed by atoms with Crippen LogP contribution in [0.2, 0.25) is 0 Å². The molecule has 0 bridgehead atoms. The third-order valence-electron chi connectivity index (χ3n) is 1.90. The highest BCUT2D eigenvalue weighted by atomic mass is 16.2. The molecule has 0 aromatic rings. The van der Waals surface area contributed by atoms with Gasteiger partial charge in [0.1, 0.15) is 0 Å². The van der Waals surface area contributed by atoms with Crippen molar-refractivity contribution in [3.05, 3.63) is 11.6 Å². The topological polar surface area (TPSA) is 75.4 Å². The van der Waals surface area contributed by atoms with E-state index in [1.165, 1.54) is 13.0 Å². The highest BCUT2D eigenvalue weighted by Gasteiger charge is 2.15. The van der Waals surface area contributed by atoms with E-state index in [0.29, 0.717) is 13.2 Å². The van der Waals surface area contributed by atoms with Crippen LogP contribution >= 0.6 is 0 Å². The van der Waals surface area contributed by atoms with E-state index in [4.69, 9.17) is 5.73 Å². The van der Waals surface area contributed by atoms with E-state index in [9.17, 15) is 9.59 Å². The Labute approximate surface area is 76.6 Å². The molecular formula is C8H13N3O2. The van der Waals surface area contributed by atoms with E-state index in [-0.39, 0.29) is 11.5 Å². The van der Waals surface area contributed by atoms with E-state index in [1.54, 1.807) is 4.90 Å². The normalized spacial score (nSPS) is 17.6. The fourth-order valence-corrected chi connectivity index (χ4v) is 1.04. The van der Waals surface area contributed by atoms with Crippen LogP contribution in [0.5, 0.6) is 0 Å². The minimum Gasteiger partial charge on any atom is -0.366 e. The minimum atomic E-state index is -0.555. The van der Waals surface area contributed by atoms with Crippen molar-refractivity contribution in [1.82, 2.24) is 10.2 Å². The predicted molar refractivity (Wildman–Crippen MR) is 47.5 cm³/mol. The molecule has 1 saturated heterocycles. The van der Waals surface area contributed by atoms with Crippen LogP contribution in [0.25, 0.3) is 0 Å². The van der Waals surface area contributed by atoms with Gasteiger partial charge in [-0.15, -0.1) is 0 Å². The molecule has 0 unspecified atom stereocenters. The molecule has 0 aliphatic carbocycles. The lowest BCUT2D eigenvalue weighted by Crippen LogP contribution is -2.28. The Bertz CT molecular complexity index is 254. The average molecular weight is 183 g/mol. The SMILES string of the molecule is CC(=CC(=O)N1CCNC1)C(N)=O. The molecule has 0 saturated carbocycles. The molecule has 5 heteroatoms. The molecule has 0 aromatic heterocycles. The molecule has 1 aliphatic heterocycles. The highest BCUT2D eigenvalue weighted by molar-refractivity contribution is 5.99. The number of hydrogen-bond acceptors (Lipinski definition) is 3. The molecule has 1 fully saturated rings. The quantitative estimate of drug-likeness (QED) is 0.528. The summed E-state index contributed by atoms with van der Waals surface area (Å²) in [5.41, 5.74) is 5.28. The van der Waals surface area contributed by atoms with Crippen molar-refractivity contribution in [2.24, 2.45) is 5.73 Å². The summed E-state index contributed by atoms with van der Waals surface area (Å²) in [6, 6.07) is 0. The van der Waals surface area contributed by atoms with E-state index in [2.05, 4.69) is 5.32 Å². The molecule has 0 radical (unpaired) electrons. The number of carbonyl (C=O) groups is 2. The molecule has 0 aromatic carbocycles. The van der Waals surface area contributed by atoms with Gasteiger partial charge in [0, 0.05) is 24.7 Å². The van der Waals surface area contributed by atoms with Crippen molar-refractivity contribution < 1.29 is 9.59 Å². The van der Waals surface area contributed by atoms with Crippen LogP contribution < -0.4 is 11.1 Å². The molecule has 72 valence electrons. The lowest BCUT2D eigenvalue weighted by atomic mass is 10.2. The Hall–Kier alpha value is -1.36. The van der Waals surface area contributed by atoms with Gasteiger partial charge in [0.2, 0.25) is 11.8 Å². The second-order valence-electron chi connectivity index (χ2n) is 2.95. The first-order chi connectivity index (χ1) is 6.11. The number of nitrogens with zero attached hydrogens (tertiary/aromatic N) is 1. The Kier molecular flexibility index (Phi) is 3.02. The van der Waals surface area contributed by atoms with Gasteiger partial charge in [0.15, 0.2) is 0 Å². The number of hydrogen-bond donors (Lipinski definition) is 2. The Morgan fingerprint density at radius 2 is 2.23 bits per heavy atom. The number of nitrogens with one attached hydrogen (secondary N) is 1. The third kappa shape index (κ3) is 2.55. The van der Waals surface area contributed by atoms with Gasteiger partial charge in [0.25, 0.3) is 0 Å². The third-order valence-corrected chi connectivity index (χ3v) is 1.90. The average Bonchev–Trinajstić information content (AvgIpc) is 2.55. The van der Waals surface area contributed by atoms with Crippen molar-refractivity contribution in [2.45, 2.75) is 6.92 Å². The molecule has 0 atom stereocenters. The minimum absolute atomic E-state index is 0.165. The lowest BCUT2D eigenvalue weighted by molar-refractivity contribution is -0.125. The second kappa shape index (κ2) is 4.04. The van der Waals surface area contributed by atoms with Crippen molar-refractivity contribution in [1.29, 1.82) is 0 Å². The fourth-order valence-electron chi connectivity index (χ4n) is 1.04. The molecular weight excluding hydrogens is 170 g/mol. The summed E-state index contributed by atoms with van der Waals surface area (Å²) in [7, 11) is 0. The molecule has 3 N–H and O–H groups in total. The maximum Gasteiger partial charge on any atom is 0.248 e. The summed E-state index contributed by atoms with van der Waals surface area (Å²) in [6.45, 7) is 3.56. The molecule has 2 amide bonds. The van der Waals surface area contributed by atoms with E-state index >= 15 is 0 Å². The van der Waals surface area contributed by atoms with Gasteiger partial charge in [-0.1, -0.05) is 0 Å². The number of rotatable bonds is 2. The van der Waals surface area contributed by atoms with Crippen LogP contribution in [0.1, 0.15) is 6.92 Å². The standard InChI is InChI=1S/C8H13N3O2/c1-6(8(9)13)4-7(12)11-3-2-10-5-11/h4,10H,2-3,5H2,1H3,(H2,9,13). The summed E-state index contributed by atoms with van der Waals surface area (Å²) < 4.78 is 0. The zero-order valence-electron chi connectivity index (χ0n) is 7.54. The van der Waals surface area contributed by atoms with Gasteiger partial charge in [-0.2, -0.15) is 0 Å². The summed E-state index contributed by atoms with van der Waals surface area (Å²) in [5.74, 6) is -0.721. The maximum absolute atomic E-state index is 11.4. The van der Waals surface area contributed by atoms with Crippen LogP contribution in [0, 0.1) is 0 Å². The van der Waals surface area contributed by atoms with Crippen LogP contribution in [-0.2, 0) is 9.59 Å². The fraction of sp³-hybridized carbons (Fsp3) is 0.500. The summed E-state index contributed by atoms with van der Waals surface area (Å²) in [6.07, 6.45) is 1.27. The Balaban J connectivity index is 2.57. The Morgan fingerprint density at radius 1 is 1.54 bits per heavy atom. The summed E-state index contributed by atoms with van der Waals surface area (Å²) >= 11 is 0. The first-order valence-corrected chi connectivity index (χ1v) is 4.09. The molecule has 1 heterocycles. The monoisotopic (exact) mass is 183 g/mol. The van der Waals surface area contributed by atoms with E-state index < -0.39 is 5.91 Å². The van der Waals surface area contributed by atoms with Gasteiger partial charge in [-0.05, 0) is 6.92 Å². The van der Waals surface area contributed by atoms with Crippen LogP contribution in [0.15, 0.2) is 11.6 Å². The molecule has 1 rings (SSSR count). The first-order valence-electron chi connectivity index (χ1n) is 4.09. The number of amides is 2. The zero-order valence-corrected chi connectivity index (χ0v) is 7.54. The molecule has 5 nitrogen and oxygen atoms in total. The Morgan fingerprint density at radius 3 is 2.69 bits per heavy atom. The lowest BCUT2D eigenvalue weighted by Gasteiger charge is -2.11. The van der Waals surface area contributed by atoms with Gasteiger partial charge in [-0.3, -0.25) is 14.9 Å². The molecule has 13 heavy (non-hydrogen) atoms. The van der Waals surface area contributed by atoms with Crippen LogP contribution in [0.4, 0.5) is 0 Å². The summed E-state index contributed by atoms with van der Waals surface area (Å²) in [5, 5.41) is 3.02. The van der Waals surface area contributed by atoms with Crippen molar-refractivity contribution in [3.63, 3.8) is 0 Å². The number of primary amides is 1. The largest absolute Gasteiger partial charge is 0.366 e. The first kappa shape index (κ1) is 9.73. The number of nitrogens with two attached hydrogens (primary N) is 1. The van der Waals surface area contributed by atoms with Crippen molar-refractivity contribution >= 4 is 11.8 Å². The zero-order chi connectivity index (χ0) is 9.84. The van der Waals surface area contributed by atoms with Gasteiger partial charge in [0.05, 0.1) is 6.67 Å². The van der Waals surface area contributed by atoms with Crippen LogP contribution in [-0.4, -0.2) is 36.5 Å². The van der Waals surface area contributed by atoms with Crippen molar-refractivity contribution in [3.8, 4) is 0 Å². The van der Waals surface area contributed by atoms with E-state index in [1.807, 2.05) is 0 Å². The predicted octanol–water partition coefficient (Wildman–Crippen LogP) is -1.19. The van der Waals surface area contributed by atoms with Gasteiger partial charge in [-0.25, -0.2) is 0 Å². The molecule has 0 spiro atoms. The van der Waals surface area contributed by atoms with Gasteiger partial charge < -0.3 is 10.6 Å². The summed E-state index contributed by atoms with van der Waals surface area (Å²) in [4.78, 5) is 23.6. The van der Waals surface area contributed by atoms with Crippen LogP contribution in [0.3, 0.4) is 0 Å². The maximum atomic E-state index is 11.4. The van der Waals surface area contributed by atoms with Gasteiger partial charge >= 0.3 is 0 Å². The highest BCUT2D eigenvalue weighted by Crippen LogP contribution is 1.98. The second-order valence-corrected chi connectivity index (χ2v) is 2.95.